The fourth-order valence-corrected chi connectivity index (χ4v) is 4.60. The quantitative estimate of drug-likeness (QED) is 0.112. The maximum absolute atomic E-state index is 11.8. The number of nitrogens with zero attached hydrogens (tertiary/aromatic N) is 3. The summed E-state index contributed by atoms with van der Waals surface area (Å²) in [6, 6.07) is 8.11. The largest absolute Gasteiger partial charge is 0.324 e. The summed E-state index contributed by atoms with van der Waals surface area (Å²) >= 11 is 6.68. The number of aromatic nitrogens is 3. The molecule has 0 aliphatic rings. The second-order valence-electron chi connectivity index (χ2n) is 6.32. The number of halogens is 1. The van der Waals surface area contributed by atoms with Crippen molar-refractivity contribution in [2.75, 3.05) is 10.6 Å². The minimum absolute atomic E-state index is 0.0237. The molecule has 0 aliphatic heterocycles. The first-order valence-corrected chi connectivity index (χ1v) is 12.7. The monoisotopic (exact) mass is 551 g/mol. The Morgan fingerprint density at radius 2 is 1.50 bits per heavy atom. The van der Waals surface area contributed by atoms with Gasteiger partial charge >= 0.3 is 0 Å². The van der Waals surface area contributed by atoms with E-state index in [2.05, 4.69) is 35.0 Å². The lowest BCUT2D eigenvalue weighted by Gasteiger charge is -2.13. The maximum Gasteiger partial charge on any atom is 0.296 e. The molecule has 0 unspecified atom stereocenters. The molecule has 0 radical (unpaired) electrons. The van der Waals surface area contributed by atoms with E-state index in [1.165, 1.54) is 6.92 Å². The molecule has 182 valence electrons. The molecular formula is C16H14ClN5O9S3. The van der Waals surface area contributed by atoms with Crippen LogP contribution in [0.25, 0.3) is 0 Å². The highest BCUT2D eigenvalue weighted by Crippen LogP contribution is 2.30. The van der Waals surface area contributed by atoms with Gasteiger partial charge in [0.1, 0.15) is 4.90 Å². The van der Waals surface area contributed by atoms with Gasteiger partial charge in [0.25, 0.3) is 20.2 Å². The molecule has 0 atom stereocenters. The minimum atomic E-state index is -4.93. The van der Waals surface area contributed by atoms with Crippen LogP contribution in [0.2, 0.25) is 5.28 Å². The third-order valence-corrected chi connectivity index (χ3v) is 6.61. The predicted molar refractivity (Wildman–Crippen MR) is 119 cm³/mol. The number of rotatable bonds is 9. The van der Waals surface area contributed by atoms with Crippen LogP contribution in [0.5, 0.6) is 0 Å². The Balaban J connectivity index is 1.93. The van der Waals surface area contributed by atoms with Crippen LogP contribution >= 0.6 is 23.6 Å². The molecule has 0 bridgehead atoms. The Morgan fingerprint density at radius 3 is 2.06 bits per heavy atom. The molecular weight excluding hydrogens is 538 g/mol. The standard InChI is InChI=1S/C16H14ClN5O9S3/c1-8-6-11(13(34(27,28)29)7-12(8)33(24,25)26)19-16-21-14(17)20-15(22-16)18-9-2-4-10(5-3-9)32-31-30-23/h2-7,23H,1H3,(H,24,25,26)(H,27,28,29)(H2,18,19,20,21,22). The average molecular weight is 552 g/mol. The summed E-state index contributed by atoms with van der Waals surface area (Å²) in [5.74, 6) is -0.287. The Bertz CT molecular complexity index is 1420. The summed E-state index contributed by atoms with van der Waals surface area (Å²) in [4.78, 5) is 10.8. The van der Waals surface area contributed by atoms with E-state index in [0.29, 0.717) is 16.6 Å². The molecule has 2 aromatic carbocycles. The van der Waals surface area contributed by atoms with Crippen LogP contribution in [0.15, 0.2) is 51.1 Å². The molecule has 0 spiro atoms. The van der Waals surface area contributed by atoms with Crippen molar-refractivity contribution in [1.82, 2.24) is 15.0 Å². The van der Waals surface area contributed by atoms with Crippen LogP contribution in [0.4, 0.5) is 23.3 Å². The first-order chi connectivity index (χ1) is 15.9. The van der Waals surface area contributed by atoms with E-state index in [9.17, 15) is 25.9 Å². The summed E-state index contributed by atoms with van der Waals surface area (Å²) in [5, 5.41) is 16.8. The summed E-state index contributed by atoms with van der Waals surface area (Å²) in [6.45, 7) is 1.30. The van der Waals surface area contributed by atoms with Gasteiger partial charge in [0.2, 0.25) is 17.2 Å². The number of anilines is 4. The van der Waals surface area contributed by atoms with Gasteiger partial charge in [-0.25, -0.2) is 5.26 Å². The van der Waals surface area contributed by atoms with E-state index in [0.717, 1.165) is 18.1 Å². The van der Waals surface area contributed by atoms with Crippen molar-refractivity contribution in [2.45, 2.75) is 21.6 Å². The zero-order valence-electron chi connectivity index (χ0n) is 16.7. The number of hydrogen-bond donors (Lipinski definition) is 5. The van der Waals surface area contributed by atoms with Crippen LogP contribution in [0, 0.1) is 6.92 Å². The predicted octanol–water partition coefficient (Wildman–Crippen LogP) is 3.24. The molecule has 0 aliphatic carbocycles. The van der Waals surface area contributed by atoms with Crippen molar-refractivity contribution in [2.24, 2.45) is 0 Å². The molecule has 5 N–H and O–H groups in total. The summed E-state index contributed by atoms with van der Waals surface area (Å²) in [5.41, 5.74) is 0.201. The Morgan fingerprint density at radius 1 is 0.912 bits per heavy atom. The van der Waals surface area contributed by atoms with Gasteiger partial charge in [-0.15, -0.1) is 4.33 Å². The van der Waals surface area contributed by atoms with E-state index in [4.69, 9.17) is 16.9 Å². The maximum atomic E-state index is 11.8. The topological polar surface area (TPSA) is 210 Å². The molecule has 1 heterocycles. The van der Waals surface area contributed by atoms with E-state index in [-0.39, 0.29) is 28.4 Å². The molecule has 0 saturated carbocycles. The molecule has 3 rings (SSSR count). The second kappa shape index (κ2) is 10.3. The molecule has 18 heteroatoms. The van der Waals surface area contributed by atoms with E-state index >= 15 is 0 Å². The van der Waals surface area contributed by atoms with E-state index in [1.54, 1.807) is 24.3 Å². The van der Waals surface area contributed by atoms with Gasteiger partial charge in [0.15, 0.2) is 0 Å². The minimum Gasteiger partial charge on any atom is -0.324 e. The number of benzene rings is 2. The third kappa shape index (κ3) is 6.72. The lowest BCUT2D eigenvalue weighted by atomic mass is 10.2. The fraction of sp³-hybridized carbons (Fsp3) is 0.0625. The van der Waals surface area contributed by atoms with Crippen molar-refractivity contribution in [3.63, 3.8) is 0 Å². The Labute approximate surface area is 201 Å². The van der Waals surface area contributed by atoms with Crippen molar-refractivity contribution in [3.05, 3.63) is 47.2 Å². The number of aryl methyl sites for hydroxylation is 1. The first kappa shape index (κ1) is 26.0. The summed E-state index contributed by atoms with van der Waals surface area (Å²) in [6.07, 6.45) is 0. The SMILES string of the molecule is Cc1cc(Nc2nc(Cl)nc(Nc3ccc(SOOO)cc3)n2)c(S(=O)(=O)O)cc1S(=O)(=O)O. The number of hydrogen-bond acceptors (Lipinski definition) is 13. The molecule has 0 saturated heterocycles. The van der Waals surface area contributed by atoms with Gasteiger partial charge in [0.05, 0.1) is 22.6 Å². The van der Waals surface area contributed by atoms with Gasteiger partial charge in [-0.3, -0.25) is 9.11 Å². The average Bonchev–Trinajstić information content (AvgIpc) is 2.71. The lowest BCUT2D eigenvalue weighted by Crippen LogP contribution is -2.10. The molecule has 1 aromatic heterocycles. The van der Waals surface area contributed by atoms with Crippen LogP contribution in [0.3, 0.4) is 0 Å². The van der Waals surface area contributed by atoms with E-state index in [1.807, 2.05) is 0 Å². The van der Waals surface area contributed by atoms with Crippen LogP contribution < -0.4 is 10.6 Å². The zero-order valence-corrected chi connectivity index (χ0v) is 19.9. The van der Waals surface area contributed by atoms with Gasteiger partial charge in [-0.2, -0.15) is 31.8 Å². The molecule has 14 nitrogen and oxygen atoms in total. The summed E-state index contributed by atoms with van der Waals surface area (Å²) in [7, 11) is -9.69. The lowest BCUT2D eigenvalue weighted by molar-refractivity contribution is -0.432. The third-order valence-electron chi connectivity index (χ3n) is 3.96. The van der Waals surface area contributed by atoms with Gasteiger partial charge in [0, 0.05) is 10.6 Å². The summed E-state index contributed by atoms with van der Waals surface area (Å²) < 4.78 is 69.8. The Kier molecular flexibility index (Phi) is 7.91. The van der Waals surface area contributed by atoms with Crippen LogP contribution in [-0.2, 0) is 29.6 Å². The van der Waals surface area contributed by atoms with Crippen molar-refractivity contribution < 1.29 is 40.6 Å². The molecule has 3 aromatic rings. The molecule has 0 amide bonds. The highest BCUT2D eigenvalue weighted by Gasteiger charge is 2.23. The molecule has 34 heavy (non-hydrogen) atoms. The van der Waals surface area contributed by atoms with Gasteiger partial charge < -0.3 is 10.6 Å². The highest BCUT2D eigenvalue weighted by atomic mass is 35.5. The van der Waals surface area contributed by atoms with E-state index < -0.39 is 30.0 Å². The van der Waals surface area contributed by atoms with Crippen LogP contribution in [0.1, 0.15) is 5.56 Å². The molecule has 0 fully saturated rings. The van der Waals surface area contributed by atoms with Crippen molar-refractivity contribution in [1.29, 1.82) is 0 Å². The van der Waals surface area contributed by atoms with Crippen molar-refractivity contribution >= 4 is 67.2 Å². The van der Waals surface area contributed by atoms with Gasteiger partial charge in [-0.1, -0.05) is 5.04 Å². The number of nitrogens with one attached hydrogen (secondary N) is 2. The normalized spacial score (nSPS) is 11.9. The fourth-order valence-electron chi connectivity index (χ4n) is 2.62. The Hall–Kier alpha value is -2.61. The van der Waals surface area contributed by atoms with Crippen molar-refractivity contribution in [3.8, 4) is 0 Å². The van der Waals surface area contributed by atoms with Gasteiger partial charge in [-0.05, 0) is 60.5 Å². The van der Waals surface area contributed by atoms with Crippen LogP contribution in [-0.4, -0.2) is 46.2 Å². The first-order valence-electron chi connectivity index (χ1n) is 8.67. The highest BCUT2D eigenvalue weighted by molar-refractivity contribution is 7.94. The zero-order chi connectivity index (χ0) is 25.1. The second-order valence-corrected chi connectivity index (χ2v) is 10.2. The smallest absolute Gasteiger partial charge is 0.296 e.